The van der Waals surface area contributed by atoms with Crippen molar-refractivity contribution < 1.29 is 0 Å². The van der Waals surface area contributed by atoms with Crippen molar-refractivity contribution in [3.05, 3.63) is 65.5 Å². The van der Waals surface area contributed by atoms with E-state index < -0.39 is 0 Å². The average Bonchev–Trinajstić information content (AvgIpc) is 3.14. The number of fused-ring (bicyclic) bond motifs is 2. The molecule has 0 amide bonds. The number of aromatic amines is 1. The summed E-state index contributed by atoms with van der Waals surface area (Å²) in [5.74, 6) is 0.760. The van der Waals surface area contributed by atoms with E-state index in [1.54, 1.807) is 24.8 Å². The number of H-pyrrole nitrogens is 1. The zero-order valence-electron chi connectivity index (χ0n) is 17.4. The second-order valence-corrected chi connectivity index (χ2v) is 8.63. The first-order valence-corrected chi connectivity index (χ1v) is 11.2. The summed E-state index contributed by atoms with van der Waals surface area (Å²) in [7, 11) is 1.99. The summed E-state index contributed by atoms with van der Waals surface area (Å²) < 4.78 is 0. The van der Waals surface area contributed by atoms with Gasteiger partial charge in [0.1, 0.15) is 17.0 Å². The van der Waals surface area contributed by atoms with Crippen LogP contribution in [0.1, 0.15) is 18.2 Å². The number of aromatic nitrogens is 7. The molecule has 0 fully saturated rings. The lowest BCUT2D eigenvalue weighted by Gasteiger charge is -2.19. The first-order valence-electron chi connectivity index (χ1n) is 10.0. The lowest BCUT2D eigenvalue weighted by Crippen LogP contribution is -2.18. The Labute approximate surface area is 193 Å². The summed E-state index contributed by atoms with van der Waals surface area (Å²) in [5, 5.41) is 2.08. The van der Waals surface area contributed by atoms with Crippen LogP contribution in [0.25, 0.3) is 22.2 Å². The van der Waals surface area contributed by atoms with Gasteiger partial charge in [-0.05, 0) is 35.9 Å². The van der Waals surface area contributed by atoms with Crippen molar-refractivity contribution in [3.63, 3.8) is 0 Å². The van der Waals surface area contributed by atoms with E-state index in [0.717, 1.165) is 39.3 Å². The number of nitrogens with one attached hydrogen (secondary N) is 1. The second kappa shape index (κ2) is 8.68. The molecule has 0 aliphatic heterocycles. The lowest BCUT2D eigenvalue weighted by atomic mass is 10.2. The molecule has 0 unspecified atom stereocenters. The van der Waals surface area contributed by atoms with Gasteiger partial charge in [0.05, 0.1) is 10.4 Å². The van der Waals surface area contributed by atoms with Crippen LogP contribution in [0.5, 0.6) is 0 Å². The number of rotatable bonds is 6. The van der Waals surface area contributed by atoms with Gasteiger partial charge in [-0.1, -0.05) is 24.6 Å². The third-order valence-electron chi connectivity index (χ3n) is 4.99. The van der Waals surface area contributed by atoms with Crippen LogP contribution in [-0.2, 0) is 13.0 Å². The molecule has 0 radical (unpaired) electrons. The molecular weight excluding hydrogens is 444 g/mol. The van der Waals surface area contributed by atoms with Gasteiger partial charge in [0.25, 0.3) is 0 Å². The van der Waals surface area contributed by atoms with E-state index in [2.05, 4.69) is 36.7 Å². The van der Waals surface area contributed by atoms with Crippen LogP contribution < -0.4 is 4.90 Å². The molecule has 5 heterocycles. The number of hydrogen-bond acceptors (Lipinski definition) is 8. The van der Waals surface area contributed by atoms with Crippen molar-refractivity contribution in [1.29, 1.82) is 0 Å². The highest BCUT2D eigenvalue weighted by molar-refractivity contribution is 7.99. The Kier molecular flexibility index (Phi) is 5.59. The molecule has 32 heavy (non-hydrogen) atoms. The molecule has 5 rings (SSSR count). The largest absolute Gasteiger partial charge is 0.355 e. The van der Waals surface area contributed by atoms with Crippen LogP contribution in [0.2, 0.25) is 5.02 Å². The van der Waals surface area contributed by atoms with Gasteiger partial charge >= 0.3 is 0 Å². The SMILES string of the molecule is CCc1[nH]c2nc(Sc3cnc4nccnc4c3)nc(N(C)Cc3cccnc3)c2c1Cl. The molecule has 0 saturated carbocycles. The fraction of sp³-hybridized carbons (Fsp3) is 0.182. The number of anilines is 1. The molecule has 8 nitrogen and oxygen atoms in total. The third kappa shape index (κ3) is 3.96. The van der Waals surface area contributed by atoms with Gasteiger partial charge in [-0.25, -0.2) is 19.9 Å². The molecule has 0 aromatic carbocycles. The Morgan fingerprint density at radius 2 is 1.97 bits per heavy atom. The molecule has 10 heteroatoms. The smallest absolute Gasteiger partial charge is 0.196 e. The number of hydrogen-bond donors (Lipinski definition) is 1. The fourth-order valence-corrected chi connectivity index (χ4v) is 4.59. The van der Waals surface area contributed by atoms with Gasteiger partial charge in [-0.3, -0.25) is 9.97 Å². The first kappa shape index (κ1) is 20.6. The third-order valence-corrected chi connectivity index (χ3v) is 6.23. The summed E-state index contributed by atoms with van der Waals surface area (Å²) in [6.45, 7) is 2.70. The molecule has 0 aliphatic rings. The number of pyridine rings is 2. The fourth-order valence-electron chi connectivity index (χ4n) is 3.48. The van der Waals surface area contributed by atoms with Crippen molar-refractivity contribution >= 4 is 51.4 Å². The summed E-state index contributed by atoms with van der Waals surface area (Å²) in [6, 6.07) is 5.90. The van der Waals surface area contributed by atoms with Gasteiger partial charge in [0.15, 0.2) is 10.8 Å². The maximum atomic E-state index is 6.71. The van der Waals surface area contributed by atoms with E-state index in [1.165, 1.54) is 11.8 Å². The second-order valence-electron chi connectivity index (χ2n) is 7.21. The number of halogens is 1. The topological polar surface area (TPSA) is 96.4 Å². The summed E-state index contributed by atoms with van der Waals surface area (Å²) in [6.07, 6.45) is 9.43. The lowest BCUT2D eigenvalue weighted by molar-refractivity contribution is 0.866. The van der Waals surface area contributed by atoms with Crippen molar-refractivity contribution in [1.82, 2.24) is 34.9 Å². The van der Waals surface area contributed by atoms with Gasteiger partial charge in [0.2, 0.25) is 0 Å². The van der Waals surface area contributed by atoms with Crippen molar-refractivity contribution in [2.75, 3.05) is 11.9 Å². The normalized spacial score (nSPS) is 11.3. The van der Waals surface area contributed by atoms with Gasteiger partial charge < -0.3 is 9.88 Å². The van der Waals surface area contributed by atoms with Crippen LogP contribution in [0.4, 0.5) is 5.82 Å². The molecule has 5 aromatic rings. The van der Waals surface area contributed by atoms with E-state index in [4.69, 9.17) is 21.6 Å². The Bertz CT molecular complexity index is 1410. The van der Waals surface area contributed by atoms with Gasteiger partial charge in [-0.15, -0.1) is 0 Å². The standard InChI is InChI=1S/C22H19ClN8S/c1-3-15-18(23)17-20(28-15)29-22(30-21(17)31(2)12-13-5-4-6-24-10-13)32-14-9-16-19(27-11-14)26-8-7-25-16/h4-11H,3,12H2,1-2H3,(H,28,29,30). The van der Waals surface area contributed by atoms with Crippen LogP contribution in [0.3, 0.4) is 0 Å². The van der Waals surface area contributed by atoms with E-state index in [0.29, 0.717) is 28.0 Å². The minimum atomic E-state index is 0.594. The number of aryl methyl sites for hydroxylation is 1. The van der Waals surface area contributed by atoms with Gasteiger partial charge in [-0.2, -0.15) is 0 Å². The van der Waals surface area contributed by atoms with Gasteiger partial charge in [0, 0.05) is 55.2 Å². The van der Waals surface area contributed by atoms with E-state index in [-0.39, 0.29) is 0 Å². The number of nitrogens with zero attached hydrogens (tertiary/aromatic N) is 7. The minimum Gasteiger partial charge on any atom is -0.355 e. The molecule has 160 valence electrons. The maximum Gasteiger partial charge on any atom is 0.196 e. The van der Waals surface area contributed by atoms with Crippen molar-refractivity contribution in [2.45, 2.75) is 29.9 Å². The summed E-state index contributed by atoms with van der Waals surface area (Å²) in [5.41, 5.74) is 4.07. The maximum absolute atomic E-state index is 6.71. The highest BCUT2D eigenvalue weighted by Crippen LogP contribution is 2.36. The molecule has 0 bridgehead atoms. The molecule has 1 N–H and O–H groups in total. The average molecular weight is 463 g/mol. The van der Waals surface area contributed by atoms with Crippen LogP contribution >= 0.6 is 23.4 Å². The predicted octanol–water partition coefficient (Wildman–Crippen LogP) is 4.69. The van der Waals surface area contributed by atoms with E-state index >= 15 is 0 Å². The molecule has 5 aromatic heterocycles. The zero-order chi connectivity index (χ0) is 22.1. The summed E-state index contributed by atoms with van der Waals surface area (Å²) in [4.78, 5) is 33.1. The van der Waals surface area contributed by atoms with Crippen molar-refractivity contribution in [3.8, 4) is 0 Å². The molecule has 0 spiro atoms. The Morgan fingerprint density at radius 3 is 2.78 bits per heavy atom. The first-order chi connectivity index (χ1) is 15.6. The monoisotopic (exact) mass is 462 g/mol. The Morgan fingerprint density at radius 1 is 1.09 bits per heavy atom. The summed E-state index contributed by atoms with van der Waals surface area (Å²) >= 11 is 8.13. The Hall–Kier alpha value is -3.30. The van der Waals surface area contributed by atoms with E-state index in [1.807, 2.05) is 31.4 Å². The molecule has 0 saturated heterocycles. The molecule has 0 atom stereocenters. The van der Waals surface area contributed by atoms with E-state index in [9.17, 15) is 0 Å². The van der Waals surface area contributed by atoms with Crippen LogP contribution in [0, 0.1) is 0 Å². The quantitative estimate of drug-likeness (QED) is 0.363. The highest BCUT2D eigenvalue weighted by atomic mass is 35.5. The highest BCUT2D eigenvalue weighted by Gasteiger charge is 2.20. The zero-order valence-corrected chi connectivity index (χ0v) is 19.0. The predicted molar refractivity (Wildman–Crippen MR) is 126 cm³/mol. The minimum absolute atomic E-state index is 0.594. The Balaban J connectivity index is 1.56. The van der Waals surface area contributed by atoms with Crippen LogP contribution in [-0.4, -0.2) is 41.9 Å². The molecular formula is C22H19ClN8S. The van der Waals surface area contributed by atoms with Crippen molar-refractivity contribution in [2.24, 2.45) is 0 Å². The van der Waals surface area contributed by atoms with Crippen LogP contribution in [0.15, 0.2) is 59.2 Å². The molecule has 0 aliphatic carbocycles.